The van der Waals surface area contributed by atoms with Gasteiger partial charge in [-0.3, -0.25) is 10.1 Å². The highest BCUT2D eigenvalue weighted by Crippen LogP contribution is 2.37. The van der Waals surface area contributed by atoms with Crippen molar-refractivity contribution in [2.75, 3.05) is 0 Å². The second-order valence-corrected chi connectivity index (χ2v) is 4.36. The van der Waals surface area contributed by atoms with Crippen molar-refractivity contribution in [3.63, 3.8) is 0 Å². The van der Waals surface area contributed by atoms with Gasteiger partial charge in [0.15, 0.2) is 34.8 Å². The van der Waals surface area contributed by atoms with Gasteiger partial charge in [0.25, 0.3) is 5.69 Å². The van der Waals surface area contributed by atoms with Gasteiger partial charge in [-0.15, -0.1) is 0 Å². The van der Waals surface area contributed by atoms with E-state index in [9.17, 15) is 40.8 Å². The molecule has 128 valence electrons. The molecule has 0 saturated carbocycles. The van der Waals surface area contributed by atoms with E-state index in [-0.39, 0.29) is 24.3 Å². The van der Waals surface area contributed by atoms with Gasteiger partial charge in [-0.1, -0.05) is 0 Å². The molecule has 0 saturated heterocycles. The minimum absolute atomic E-state index is 0.125. The SMILES string of the molecule is O=[N+]([O-])c1cc(F)c(Oc2c(F)cc(C(F)(F)F)cc2F)c(F)c1. The van der Waals surface area contributed by atoms with Crippen LogP contribution < -0.4 is 4.74 Å². The lowest BCUT2D eigenvalue weighted by Gasteiger charge is -2.12. The van der Waals surface area contributed by atoms with Gasteiger partial charge in [0.2, 0.25) is 0 Å². The zero-order valence-corrected chi connectivity index (χ0v) is 11.1. The molecule has 0 radical (unpaired) electrons. The molecule has 0 atom stereocenters. The van der Waals surface area contributed by atoms with E-state index < -0.39 is 57.1 Å². The summed E-state index contributed by atoms with van der Waals surface area (Å²) in [7, 11) is 0. The molecule has 0 heterocycles. The van der Waals surface area contributed by atoms with Crippen LogP contribution in [-0.4, -0.2) is 4.92 Å². The second-order valence-electron chi connectivity index (χ2n) is 4.36. The number of hydrogen-bond acceptors (Lipinski definition) is 3. The van der Waals surface area contributed by atoms with E-state index in [4.69, 9.17) is 0 Å². The molecular weight excluding hydrogens is 351 g/mol. The maximum Gasteiger partial charge on any atom is 0.416 e. The number of alkyl halides is 3. The van der Waals surface area contributed by atoms with E-state index in [1.54, 1.807) is 0 Å². The average molecular weight is 355 g/mol. The number of nitro benzene ring substituents is 1. The highest BCUT2D eigenvalue weighted by Gasteiger charge is 2.33. The fourth-order valence-corrected chi connectivity index (χ4v) is 1.67. The van der Waals surface area contributed by atoms with Crippen molar-refractivity contribution in [2.24, 2.45) is 0 Å². The number of nitrogens with zero attached hydrogens (tertiary/aromatic N) is 1. The van der Waals surface area contributed by atoms with E-state index in [1.807, 2.05) is 0 Å². The van der Waals surface area contributed by atoms with Gasteiger partial charge in [-0.05, 0) is 12.1 Å². The predicted molar refractivity (Wildman–Crippen MR) is 64.4 cm³/mol. The molecule has 0 aliphatic carbocycles. The van der Waals surface area contributed by atoms with E-state index in [2.05, 4.69) is 4.74 Å². The van der Waals surface area contributed by atoms with Crippen LogP contribution in [0.1, 0.15) is 5.56 Å². The van der Waals surface area contributed by atoms with Crippen LogP contribution in [0, 0.1) is 33.4 Å². The predicted octanol–water partition coefficient (Wildman–Crippen LogP) is 4.96. The molecule has 0 spiro atoms. The number of non-ortho nitro benzene ring substituents is 1. The topological polar surface area (TPSA) is 52.4 Å². The van der Waals surface area contributed by atoms with Crippen LogP contribution in [0.3, 0.4) is 0 Å². The quantitative estimate of drug-likeness (QED) is 0.444. The molecule has 0 aliphatic heterocycles. The highest BCUT2D eigenvalue weighted by atomic mass is 19.4. The molecular formula is C13H4F7NO3. The molecule has 11 heteroatoms. The number of hydrogen-bond donors (Lipinski definition) is 0. The molecule has 0 unspecified atom stereocenters. The smallest absolute Gasteiger partial charge is 0.416 e. The highest BCUT2D eigenvalue weighted by molar-refractivity contribution is 5.42. The fraction of sp³-hybridized carbons (Fsp3) is 0.0769. The summed E-state index contributed by atoms with van der Waals surface area (Å²) in [6, 6.07) is 0.190. The van der Waals surface area contributed by atoms with Gasteiger partial charge in [0.1, 0.15) is 0 Å². The normalized spacial score (nSPS) is 11.5. The van der Waals surface area contributed by atoms with Crippen molar-refractivity contribution in [1.82, 2.24) is 0 Å². The summed E-state index contributed by atoms with van der Waals surface area (Å²) >= 11 is 0. The van der Waals surface area contributed by atoms with Crippen LogP contribution >= 0.6 is 0 Å². The molecule has 0 N–H and O–H groups in total. The summed E-state index contributed by atoms with van der Waals surface area (Å²) in [5, 5.41) is 10.4. The molecule has 24 heavy (non-hydrogen) atoms. The average Bonchev–Trinajstić information content (AvgIpc) is 2.43. The first-order valence-corrected chi connectivity index (χ1v) is 5.88. The minimum atomic E-state index is -5.05. The Labute approximate surface area is 128 Å². The van der Waals surface area contributed by atoms with Crippen LogP contribution in [0.2, 0.25) is 0 Å². The number of ether oxygens (including phenoxy) is 1. The van der Waals surface area contributed by atoms with Crippen molar-refractivity contribution in [3.8, 4) is 11.5 Å². The van der Waals surface area contributed by atoms with Crippen LogP contribution in [0.5, 0.6) is 11.5 Å². The van der Waals surface area contributed by atoms with Gasteiger partial charge in [-0.25, -0.2) is 17.6 Å². The third-order valence-corrected chi connectivity index (χ3v) is 2.72. The van der Waals surface area contributed by atoms with E-state index in [0.717, 1.165) is 0 Å². The lowest BCUT2D eigenvalue weighted by atomic mass is 10.2. The lowest BCUT2D eigenvalue weighted by Crippen LogP contribution is -2.07. The van der Waals surface area contributed by atoms with Crippen molar-refractivity contribution < 1.29 is 40.4 Å². The van der Waals surface area contributed by atoms with Gasteiger partial charge >= 0.3 is 6.18 Å². The molecule has 0 bridgehead atoms. The minimum Gasteiger partial charge on any atom is -0.445 e. The summed E-state index contributed by atoms with van der Waals surface area (Å²) in [6.07, 6.45) is -5.05. The van der Waals surface area contributed by atoms with Crippen LogP contribution in [0.25, 0.3) is 0 Å². The van der Waals surface area contributed by atoms with E-state index in [1.165, 1.54) is 0 Å². The molecule has 0 fully saturated rings. The molecule has 0 aliphatic rings. The summed E-state index contributed by atoms with van der Waals surface area (Å²) < 4.78 is 95.9. The van der Waals surface area contributed by atoms with Gasteiger partial charge in [-0.2, -0.15) is 13.2 Å². The second kappa shape index (κ2) is 5.98. The molecule has 4 nitrogen and oxygen atoms in total. The van der Waals surface area contributed by atoms with Crippen LogP contribution in [-0.2, 0) is 6.18 Å². The Balaban J connectivity index is 2.48. The lowest BCUT2D eigenvalue weighted by molar-refractivity contribution is -0.385. The molecule has 2 aromatic carbocycles. The Bertz CT molecular complexity index is 774. The summed E-state index contributed by atoms with van der Waals surface area (Å²) in [5.74, 6) is -9.95. The van der Waals surface area contributed by atoms with E-state index >= 15 is 0 Å². The summed E-state index contributed by atoms with van der Waals surface area (Å²) in [6.45, 7) is 0. The Morgan fingerprint density at radius 3 is 1.54 bits per heavy atom. The Morgan fingerprint density at radius 2 is 1.21 bits per heavy atom. The van der Waals surface area contributed by atoms with E-state index in [0.29, 0.717) is 0 Å². The monoisotopic (exact) mass is 355 g/mol. The Morgan fingerprint density at radius 1 is 0.833 bits per heavy atom. The molecule has 0 aromatic heterocycles. The number of nitro groups is 1. The first-order valence-electron chi connectivity index (χ1n) is 5.88. The zero-order valence-electron chi connectivity index (χ0n) is 11.1. The molecule has 2 rings (SSSR count). The van der Waals surface area contributed by atoms with Crippen molar-refractivity contribution in [2.45, 2.75) is 6.18 Å². The third-order valence-electron chi connectivity index (χ3n) is 2.72. The fourth-order valence-electron chi connectivity index (χ4n) is 1.67. The first kappa shape index (κ1) is 17.5. The maximum absolute atomic E-state index is 13.6. The number of rotatable bonds is 3. The third kappa shape index (κ3) is 3.39. The molecule has 2 aromatic rings. The van der Waals surface area contributed by atoms with Crippen molar-refractivity contribution in [3.05, 3.63) is 63.2 Å². The van der Waals surface area contributed by atoms with Crippen molar-refractivity contribution in [1.29, 1.82) is 0 Å². The molecule has 0 amide bonds. The zero-order chi connectivity index (χ0) is 18.2. The Kier molecular flexibility index (Phi) is 4.36. The number of halogens is 7. The van der Waals surface area contributed by atoms with Crippen molar-refractivity contribution >= 4 is 5.69 Å². The Hall–Kier alpha value is -2.85. The standard InChI is InChI=1S/C13H4F7NO3/c14-7-1-5(13(18,19)20)2-8(15)11(7)24-12-9(16)3-6(21(22)23)4-10(12)17/h1-4H. The summed E-state index contributed by atoms with van der Waals surface area (Å²) in [5.41, 5.74) is -2.67. The van der Waals surface area contributed by atoms with Crippen LogP contribution in [0.15, 0.2) is 24.3 Å². The maximum atomic E-state index is 13.6. The first-order chi connectivity index (χ1) is 11.0. The van der Waals surface area contributed by atoms with Crippen LogP contribution in [0.4, 0.5) is 36.4 Å². The summed E-state index contributed by atoms with van der Waals surface area (Å²) in [4.78, 5) is 9.29. The van der Waals surface area contributed by atoms with Gasteiger partial charge < -0.3 is 4.74 Å². The van der Waals surface area contributed by atoms with Gasteiger partial charge in [0.05, 0.1) is 22.6 Å². The number of benzene rings is 2. The van der Waals surface area contributed by atoms with Gasteiger partial charge in [0, 0.05) is 0 Å². The largest absolute Gasteiger partial charge is 0.445 e.